The summed E-state index contributed by atoms with van der Waals surface area (Å²) in [7, 11) is 1.71. The molecule has 1 heterocycles. The minimum Gasteiger partial charge on any atom is -0.497 e. The zero-order chi connectivity index (χ0) is 12.8. The Morgan fingerprint density at radius 2 is 2.06 bits per heavy atom. The number of hydrogen-bond acceptors (Lipinski definition) is 3. The number of anilines is 1. The van der Waals surface area contributed by atoms with Crippen LogP contribution in [0, 0.1) is 6.92 Å². The van der Waals surface area contributed by atoms with Crippen molar-refractivity contribution in [3.63, 3.8) is 0 Å². The standard InChI is InChI=1S/C15H24N2O/c1-13-12-14(18-2)6-7-15(13)16-8-5-11-17-9-3-4-10-17/h6-7,12,16H,3-5,8-11H2,1-2H3. The number of nitrogens with one attached hydrogen (secondary N) is 1. The average Bonchev–Trinajstić information content (AvgIpc) is 2.89. The lowest BCUT2D eigenvalue weighted by Crippen LogP contribution is -2.22. The first kappa shape index (κ1) is 13.2. The fraction of sp³-hybridized carbons (Fsp3) is 0.600. The number of benzene rings is 1. The maximum absolute atomic E-state index is 5.21. The molecule has 1 aromatic rings. The zero-order valence-corrected chi connectivity index (χ0v) is 11.5. The smallest absolute Gasteiger partial charge is 0.119 e. The summed E-state index contributed by atoms with van der Waals surface area (Å²) in [5, 5.41) is 3.51. The summed E-state index contributed by atoms with van der Waals surface area (Å²) in [5.74, 6) is 0.926. The summed E-state index contributed by atoms with van der Waals surface area (Å²) in [6.07, 6.45) is 3.97. The first-order valence-corrected chi connectivity index (χ1v) is 6.90. The van der Waals surface area contributed by atoms with Gasteiger partial charge in [-0.05, 0) is 69.6 Å². The molecule has 0 aliphatic carbocycles. The van der Waals surface area contributed by atoms with E-state index < -0.39 is 0 Å². The van der Waals surface area contributed by atoms with Crippen LogP contribution in [0.4, 0.5) is 5.69 Å². The van der Waals surface area contributed by atoms with E-state index in [0.29, 0.717) is 0 Å². The molecule has 1 aromatic carbocycles. The Morgan fingerprint density at radius 1 is 1.28 bits per heavy atom. The molecule has 2 rings (SSSR count). The molecule has 3 heteroatoms. The molecule has 0 unspecified atom stereocenters. The van der Waals surface area contributed by atoms with E-state index in [1.54, 1.807) is 7.11 Å². The minimum atomic E-state index is 0.926. The number of aryl methyl sites for hydroxylation is 1. The second-order valence-electron chi connectivity index (χ2n) is 5.01. The van der Waals surface area contributed by atoms with E-state index in [1.165, 1.54) is 50.1 Å². The number of ether oxygens (including phenoxy) is 1. The predicted octanol–water partition coefficient (Wildman–Crippen LogP) is 2.90. The van der Waals surface area contributed by atoms with E-state index >= 15 is 0 Å². The van der Waals surface area contributed by atoms with Gasteiger partial charge >= 0.3 is 0 Å². The minimum absolute atomic E-state index is 0.926. The van der Waals surface area contributed by atoms with Crippen LogP contribution in [0.3, 0.4) is 0 Å². The number of nitrogens with zero attached hydrogens (tertiary/aromatic N) is 1. The van der Waals surface area contributed by atoms with Crippen LogP contribution in [0.2, 0.25) is 0 Å². The van der Waals surface area contributed by atoms with Crippen LogP contribution in [0.1, 0.15) is 24.8 Å². The molecule has 1 saturated heterocycles. The third-order valence-electron chi connectivity index (χ3n) is 3.60. The Bertz CT molecular complexity index is 373. The van der Waals surface area contributed by atoms with Crippen molar-refractivity contribution in [2.45, 2.75) is 26.2 Å². The van der Waals surface area contributed by atoms with Gasteiger partial charge in [-0.3, -0.25) is 0 Å². The Kier molecular flexibility index (Phi) is 4.88. The van der Waals surface area contributed by atoms with Crippen LogP contribution in [-0.4, -0.2) is 38.2 Å². The molecule has 1 fully saturated rings. The van der Waals surface area contributed by atoms with Crippen molar-refractivity contribution in [1.29, 1.82) is 0 Å². The van der Waals surface area contributed by atoms with Crippen LogP contribution in [0.25, 0.3) is 0 Å². The molecule has 100 valence electrons. The Balaban J connectivity index is 1.72. The van der Waals surface area contributed by atoms with Crippen molar-refractivity contribution >= 4 is 5.69 Å². The predicted molar refractivity (Wildman–Crippen MR) is 76.5 cm³/mol. The van der Waals surface area contributed by atoms with Gasteiger partial charge in [0.05, 0.1) is 7.11 Å². The molecular weight excluding hydrogens is 224 g/mol. The van der Waals surface area contributed by atoms with E-state index in [-0.39, 0.29) is 0 Å². The number of hydrogen-bond donors (Lipinski definition) is 1. The maximum Gasteiger partial charge on any atom is 0.119 e. The second-order valence-corrected chi connectivity index (χ2v) is 5.01. The summed E-state index contributed by atoms with van der Waals surface area (Å²) in [6, 6.07) is 6.18. The van der Waals surface area contributed by atoms with Gasteiger partial charge < -0.3 is 15.0 Å². The van der Waals surface area contributed by atoms with Gasteiger partial charge in [0.25, 0.3) is 0 Å². The summed E-state index contributed by atoms with van der Waals surface area (Å²) >= 11 is 0. The van der Waals surface area contributed by atoms with Crippen LogP contribution < -0.4 is 10.1 Å². The molecule has 0 bridgehead atoms. The molecule has 3 nitrogen and oxygen atoms in total. The van der Waals surface area contributed by atoms with E-state index in [2.05, 4.69) is 29.3 Å². The van der Waals surface area contributed by atoms with Gasteiger partial charge in [-0.2, -0.15) is 0 Å². The second kappa shape index (κ2) is 6.64. The highest BCUT2D eigenvalue weighted by atomic mass is 16.5. The molecule has 0 amide bonds. The Labute approximate surface area is 110 Å². The highest BCUT2D eigenvalue weighted by Gasteiger charge is 2.10. The molecule has 0 spiro atoms. The van der Waals surface area contributed by atoms with Crippen molar-refractivity contribution in [1.82, 2.24) is 4.90 Å². The van der Waals surface area contributed by atoms with Crippen molar-refractivity contribution in [3.05, 3.63) is 23.8 Å². The highest BCUT2D eigenvalue weighted by molar-refractivity contribution is 5.53. The Morgan fingerprint density at radius 3 is 2.72 bits per heavy atom. The molecule has 0 saturated carbocycles. The average molecular weight is 248 g/mol. The van der Waals surface area contributed by atoms with Crippen molar-refractivity contribution < 1.29 is 4.74 Å². The highest BCUT2D eigenvalue weighted by Crippen LogP contribution is 2.20. The monoisotopic (exact) mass is 248 g/mol. The molecule has 0 radical (unpaired) electrons. The van der Waals surface area contributed by atoms with Crippen LogP contribution in [0.15, 0.2) is 18.2 Å². The van der Waals surface area contributed by atoms with Gasteiger partial charge in [-0.15, -0.1) is 0 Å². The van der Waals surface area contributed by atoms with E-state index in [9.17, 15) is 0 Å². The lowest BCUT2D eigenvalue weighted by atomic mass is 10.2. The number of likely N-dealkylation sites (tertiary alicyclic amines) is 1. The number of rotatable bonds is 6. The number of methoxy groups -OCH3 is 1. The van der Waals surface area contributed by atoms with Crippen LogP contribution in [0.5, 0.6) is 5.75 Å². The normalized spacial score (nSPS) is 15.9. The van der Waals surface area contributed by atoms with E-state index in [4.69, 9.17) is 4.74 Å². The first-order chi connectivity index (χ1) is 8.79. The molecule has 0 aromatic heterocycles. The van der Waals surface area contributed by atoms with Gasteiger partial charge in [-0.1, -0.05) is 0 Å². The van der Waals surface area contributed by atoms with Gasteiger partial charge in [-0.25, -0.2) is 0 Å². The third-order valence-corrected chi connectivity index (χ3v) is 3.60. The Hall–Kier alpha value is -1.22. The fourth-order valence-corrected chi connectivity index (χ4v) is 2.49. The van der Waals surface area contributed by atoms with E-state index in [0.717, 1.165) is 12.3 Å². The van der Waals surface area contributed by atoms with Crippen LogP contribution >= 0.6 is 0 Å². The third kappa shape index (κ3) is 3.64. The molecule has 18 heavy (non-hydrogen) atoms. The van der Waals surface area contributed by atoms with Gasteiger partial charge in [0.2, 0.25) is 0 Å². The topological polar surface area (TPSA) is 24.5 Å². The van der Waals surface area contributed by atoms with Crippen molar-refractivity contribution in [2.24, 2.45) is 0 Å². The molecule has 1 aliphatic rings. The molecular formula is C15H24N2O. The quantitative estimate of drug-likeness (QED) is 0.783. The first-order valence-electron chi connectivity index (χ1n) is 6.90. The lowest BCUT2D eigenvalue weighted by molar-refractivity contribution is 0.337. The van der Waals surface area contributed by atoms with Gasteiger partial charge in [0, 0.05) is 12.2 Å². The summed E-state index contributed by atoms with van der Waals surface area (Å²) < 4.78 is 5.21. The summed E-state index contributed by atoms with van der Waals surface area (Å²) in [6.45, 7) is 6.97. The van der Waals surface area contributed by atoms with Crippen molar-refractivity contribution in [3.8, 4) is 5.75 Å². The van der Waals surface area contributed by atoms with Gasteiger partial charge in [0.1, 0.15) is 5.75 Å². The summed E-state index contributed by atoms with van der Waals surface area (Å²) in [4.78, 5) is 2.56. The van der Waals surface area contributed by atoms with Crippen molar-refractivity contribution in [2.75, 3.05) is 38.6 Å². The lowest BCUT2D eigenvalue weighted by Gasteiger charge is -2.15. The molecule has 1 aliphatic heterocycles. The van der Waals surface area contributed by atoms with Gasteiger partial charge in [0.15, 0.2) is 0 Å². The van der Waals surface area contributed by atoms with E-state index in [1.807, 2.05) is 6.07 Å². The molecule has 0 atom stereocenters. The molecule has 1 N–H and O–H groups in total. The fourth-order valence-electron chi connectivity index (χ4n) is 2.49. The zero-order valence-electron chi connectivity index (χ0n) is 11.5. The largest absolute Gasteiger partial charge is 0.497 e. The summed E-state index contributed by atoms with van der Waals surface area (Å²) in [5.41, 5.74) is 2.47. The van der Waals surface area contributed by atoms with Crippen LogP contribution in [-0.2, 0) is 0 Å². The SMILES string of the molecule is COc1ccc(NCCCN2CCCC2)c(C)c1. The maximum atomic E-state index is 5.21.